The van der Waals surface area contributed by atoms with Crippen LogP contribution < -0.4 is 15.0 Å². The van der Waals surface area contributed by atoms with Gasteiger partial charge in [0.2, 0.25) is 0 Å². The molecule has 7 heteroatoms. The van der Waals surface area contributed by atoms with Crippen molar-refractivity contribution in [1.29, 1.82) is 0 Å². The lowest BCUT2D eigenvalue weighted by molar-refractivity contribution is -0.674. The third-order valence-electron chi connectivity index (χ3n) is 8.80. The first-order valence-electron chi connectivity index (χ1n) is 17.5. The third-order valence-corrected chi connectivity index (χ3v) is 8.80. The minimum atomic E-state index is -0.259. The number of nitrogens with zero attached hydrogens (tertiary/aromatic N) is 4. The van der Waals surface area contributed by atoms with Crippen molar-refractivity contribution in [3.8, 4) is 0 Å². The van der Waals surface area contributed by atoms with Crippen molar-refractivity contribution in [3.63, 3.8) is 0 Å². The highest BCUT2D eigenvalue weighted by Crippen LogP contribution is 2.20. The minimum Gasteiger partial charge on any atom is -0.853 e. The lowest BCUT2D eigenvalue weighted by atomic mass is 9.97. The number of hydrogen-bond donors (Lipinski definition) is 1. The molecule has 0 bridgehead atoms. The van der Waals surface area contributed by atoms with E-state index in [1.807, 2.05) is 67.8 Å². The zero-order chi connectivity index (χ0) is 34.6. The van der Waals surface area contributed by atoms with Gasteiger partial charge in [-0.15, -0.1) is 0 Å². The van der Waals surface area contributed by atoms with Crippen LogP contribution in [0.25, 0.3) is 0 Å². The number of unbranched alkanes of at least 4 members (excludes halogenated alkanes) is 2. The van der Waals surface area contributed by atoms with E-state index in [1.165, 1.54) is 33.4 Å². The van der Waals surface area contributed by atoms with Gasteiger partial charge in [-0.25, -0.2) is 13.9 Å². The van der Waals surface area contributed by atoms with Crippen LogP contribution in [0, 0.1) is 0 Å². The molecule has 0 aliphatic rings. The number of aliphatic imine (C=N–C) groups is 1. The lowest BCUT2D eigenvalue weighted by Crippen LogP contribution is -2.39. The number of amides is 2. The van der Waals surface area contributed by atoms with Crippen molar-refractivity contribution in [1.82, 2.24) is 9.47 Å². The number of benzene rings is 4. The van der Waals surface area contributed by atoms with E-state index in [1.54, 1.807) is 9.13 Å². The van der Waals surface area contributed by atoms with E-state index in [-0.39, 0.29) is 11.9 Å². The summed E-state index contributed by atoms with van der Waals surface area (Å²) in [5.74, 6) is 0.278. The van der Waals surface area contributed by atoms with Crippen LogP contribution in [0.3, 0.4) is 0 Å². The summed E-state index contributed by atoms with van der Waals surface area (Å²) < 4.78 is 3.56. The fraction of sp³-hybridized carbons (Fsp3) is 0.310. The first-order chi connectivity index (χ1) is 23.8. The van der Waals surface area contributed by atoms with E-state index in [2.05, 4.69) is 84.8 Å². The summed E-state index contributed by atoms with van der Waals surface area (Å²) in [5.41, 5.74) is 8.93. The van der Waals surface area contributed by atoms with Gasteiger partial charge in [-0.05, 0) is 89.8 Å². The second-order valence-corrected chi connectivity index (χ2v) is 12.9. The molecular weight excluding hydrogens is 606 g/mol. The number of imidazole rings is 1. The van der Waals surface area contributed by atoms with Gasteiger partial charge in [-0.2, -0.15) is 0 Å². The molecule has 5 aromatic rings. The van der Waals surface area contributed by atoms with E-state index in [0.29, 0.717) is 11.5 Å². The molecule has 0 saturated carbocycles. The highest BCUT2D eigenvalue weighted by molar-refractivity contribution is 5.89. The Balaban J connectivity index is 1.16. The number of anilines is 1. The van der Waals surface area contributed by atoms with Crippen LogP contribution in [-0.2, 0) is 33.4 Å². The topological polar surface area (TPSA) is 76.6 Å². The summed E-state index contributed by atoms with van der Waals surface area (Å²) in [5, 5.41) is 15.8. The Morgan fingerprint density at radius 3 is 1.71 bits per heavy atom. The number of nitrogens with one attached hydrogen (secondary N) is 1. The molecule has 1 heterocycles. The molecule has 7 nitrogen and oxygen atoms in total. The first kappa shape index (κ1) is 35.1. The molecule has 0 radical (unpaired) electrons. The van der Waals surface area contributed by atoms with Crippen LogP contribution in [0.2, 0.25) is 0 Å². The maximum atomic E-state index is 12.9. The molecule has 49 heavy (non-hydrogen) atoms. The van der Waals surface area contributed by atoms with Crippen molar-refractivity contribution >= 4 is 23.3 Å². The molecule has 254 valence electrons. The van der Waals surface area contributed by atoms with E-state index in [0.717, 1.165) is 63.7 Å². The Labute approximate surface area is 291 Å². The zero-order valence-corrected chi connectivity index (χ0v) is 29.4. The van der Waals surface area contributed by atoms with Gasteiger partial charge in [0, 0.05) is 18.8 Å². The van der Waals surface area contributed by atoms with Crippen LogP contribution in [0.15, 0.2) is 114 Å². The first-order valence-corrected chi connectivity index (χ1v) is 17.5. The van der Waals surface area contributed by atoms with Crippen molar-refractivity contribution in [2.24, 2.45) is 19.1 Å². The van der Waals surface area contributed by atoms with Gasteiger partial charge in [-0.1, -0.05) is 99.5 Å². The number of carbonyl (C=O) groups is 1. The third kappa shape index (κ3) is 10.2. The Kier molecular flexibility index (Phi) is 12.4. The van der Waals surface area contributed by atoms with Gasteiger partial charge >= 0.3 is 6.03 Å². The van der Waals surface area contributed by atoms with Gasteiger partial charge in [0.05, 0.1) is 25.7 Å². The Morgan fingerprint density at radius 1 is 0.755 bits per heavy atom. The molecular formula is C42H49N5O2. The molecule has 1 aromatic heterocycles. The number of aromatic nitrogens is 2. The van der Waals surface area contributed by atoms with Gasteiger partial charge < -0.3 is 15.3 Å². The second-order valence-electron chi connectivity index (χ2n) is 12.9. The summed E-state index contributed by atoms with van der Waals surface area (Å²) >= 11 is 0. The monoisotopic (exact) mass is 655 g/mol. The van der Waals surface area contributed by atoms with Crippen LogP contribution in [0.1, 0.15) is 78.7 Å². The van der Waals surface area contributed by atoms with Crippen molar-refractivity contribution in [3.05, 3.63) is 149 Å². The predicted octanol–water partition coefficient (Wildman–Crippen LogP) is 7.49. The van der Waals surface area contributed by atoms with E-state index in [4.69, 9.17) is 0 Å². The Bertz CT molecular complexity index is 1810. The largest absolute Gasteiger partial charge is 0.853 e. The van der Waals surface area contributed by atoms with Crippen LogP contribution in [-0.4, -0.2) is 34.5 Å². The molecule has 0 saturated heterocycles. The molecule has 0 fully saturated rings. The molecule has 0 aliphatic heterocycles. The fourth-order valence-electron chi connectivity index (χ4n) is 6.07. The van der Waals surface area contributed by atoms with Crippen LogP contribution in [0.4, 0.5) is 16.2 Å². The van der Waals surface area contributed by atoms with Crippen molar-refractivity contribution < 1.29 is 14.5 Å². The number of urea groups is 1. The zero-order valence-electron chi connectivity index (χ0n) is 29.4. The average Bonchev–Trinajstić information content (AvgIpc) is 3.44. The highest BCUT2D eigenvalue weighted by atomic mass is 16.3. The van der Waals surface area contributed by atoms with Crippen LogP contribution in [0.5, 0.6) is 0 Å². The van der Waals surface area contributed by atoms with E-state index < -0.39 is 0 Å². The molecule has 0 atom stereocenters. The van der Waals surface area contributed by atoms with Gasteiger partial charge in [0.25, 0.3) is 5.82 Å². The van der Waals surface area contributed by atoms with Gasteiger partial charge in [0.1, 0.15) is 12.4 Å². The number of rotatable bonds is 15. The second kappa shape index (κ2) is 17.3. The normalized spacial score (nSPS) is 11.5. The number of aryl methyl sites for hydroxylation is 2. The molecule has 0 unspecified atom stereocenters. The molecule has 1 N–H and O–H groups in total. The summed E-state index contributed by atoms with van der Waals surface area (Å²) in [6.45, 7) is 5.90. The molecule has 2 amide bonds. The number of carbonyl (C=O) groups excluding carboxylic acids is 1. The fourth-order valence-corrected chi connectivity index (χ4v) is 6.07. The maximum Gasteiger partial charge on any atom is 0.321 e. The molecule has 0 aliphatic carbocycles. The summed E-state index contributed by atoms with van der Waals surface area (Å²) in [6, 6.07) is 33.7. The predicted molar refractivity (Wildman–Crippen MR) is 197 cm³/mol. The average molecular weight is 656 g/mol. The SMILES string of the molecule is CCCCN(CCCC)C(=O)Nc1ccc(Cc2cccc(Cc3cccc(Cc4ccc(/N=C(\[O-])c5n(C)cc[n+]5C)cc4)c3)c2)cc1. The molecule has 4 aromatic carbocycles. The number of hydrogen-bond acceptors (Lipinski definition) is 3. The summed E-state index contributed by atoms with van der Waals surface area (Å²) in [4.78, 5) is 19.1. The quantitative estimate of drug-likeness (QED) is 0.0721. The summed E-state index contributed by atoms with van der Waals surface area (Å²) in [6.07, 6.45) is 10.4. The standard InChI is InChI=1S/C42H49N5O2/c1-5-7-23-47(24-8-6-2)42(49)44-39-21-17-33(18-22-39)28-35-12-10-14-37(30-35)31-36-13-9-11-34(29-36)27-32-15-19-38(20-16-32)43-40(48)41-45(3)25-26-46(41)4/h9-22,25-26,29-30H,5-8,23-24,27-28,31H2,1-4H3,(H-,43,44,48,49). The maximum absolute atomic E-state index is 12.9. The van der Waals surface area contributed by atoms with E-state index >= 15 is 0 Å². The lowest BCUT2D eigenvalue weighted by Gasteiger charge is -2.23. The van der Waals surface area contributed by atoms with Crippen molar-refractivity contribution in [2.45, 2.75) is 58.8 Å². The molecule has 5 rings (SSSR count). The summed E-state index contributed by atoms with van der Waals surface area (Å²) in [7, 11) is 3.69. The molecule has 0 spiro atoms. The van der Waals surface area contributed by atoms with E-state index in [9.17, 15) is 9.90 Å². The van der Waals surface area contributed by atoms with Gasteiger partial charge in [0.15, 0.2) is 0 Å². The van der Waals surface area contributed by atoms with Crippen molar-refractivity contribution in [2.75, 3.05) is 18.4 Å². The minimum absolute atomic E-state index is 0.0122. The van der Waals surface area contributed by atoms with Crippen LogP contribution >= 0.6 is 0 Å². The highest BCUT2D eigenvalue weighted by Gasteiger charge is 2.13. The smallest absolute Gasteiger partial charge is 0.321 e. The Hall–Kier alpha value is -5.17. The Morgan fingerprint density at radius 2 is 1.24 bits per heavy atom. The van der Waals surface area contributed by atoms with Gasteiger partial charge in [-0.3, -0.25) is 4.99 Å².